The number of carbonyl (C=O) groups excluding carboxylic acids is 1. The second-order valence-corrected chi connectivity index (χ2v) is 5.78. The first-order chi connectivity index (χ1) is 9.11. The molecule has 0 aromatic carbocycles. The molecule has 0 N–H and O–H groups in total. The molecule has 0 amide bonds. The van der Waals surface area contributed by atoms with Crippen molar-refractivity contribution in [3.05, 3.63) is 24.0 Å². The largest absolute Gasteiger partial charge is 0.247 e. The van der Waals surface area contributed by atoms with E-state index in [1.807, 2.05) is 0 Å². The number of sulfonamides is 1. The van der Waals surface area contributed by atoms with Gasteiger partial charge in [0.1, 0.15) is 17.1 Å². The molecular weight excluding hydrogens is 268 g/mol. The van der Waals surface area contributed by atoms with Gasteiger partial charge in [-0.1, -0.05) is 0 Å². The molecule has 98 valence electrons. The maximum atomic E-state index is 12.4. The normalized spacial score (nSPS) is 19.6. The van der Waals surface area contributed by atoms with Crippen LogP contribution >= 0.6 is 0 Å². The van der Waals surface area contributed by atoms with Crippen molar-refractivity contribution >= 4 is 16.1 Å². The summed E-state index contributed by atoms with van der Waals surface area (Å²) in [6.07, 6.45) is 3.07. The van der Waals surface area contributed by atoms with Crippen LogP contribution in [0.4, 0.5) is 0 Å². The topological polar surface area (TPSA) is 103 Å². The predicted octanol–water partition coefficient (Wildman–Crippen LogP) is 0.400. The van der Waals surface area contributed by atoms with E-state index in [2.05, 4.69) is 9.98 Å². The molecule has 1 fully saturated rings. The highest BCUT2D eigenvalue weighted by atomic mass is 32.2. The average Bonchev–Trinajstić information content (AvgIpc) is 2.88. The number of isocyanates is 1. The van der Waals surface area contributed by atoms with E-state index in [4.69, 9.17) is 5.26 Å². The number of hydrogen-bond donors (Lipinski definition) is 0. The number of nitrogens with zero attached hydrogens (tertiary/aromatic N) is 4. The third kappa shape index (κ3) is 2.39. The van der Waals surface area contributed by atoms with E-state index in [1.54, 1.807) is 6.07 Å². The second kappa shape index (κ2) is 5.28. The first kappa shape index (κ1) is 13.4. The van der Waals surface area contributed by atoms with Crippen LogP contribution in [0.15, 0.2) is 28.2 Å². The quantitative estimate of drug-likeness (QED) is 0.588. The van der Waals surface area contributed by atoms with Crippen molar-refractivity contribution in [2.75, 3.05) is 6.54 Å². The van der Waals surface area contributed by atoms with Crippen LogP contribution in [0.25, 0.3) is 0 Å². The fraction of sp³-hybridized carbons (Fsp3) is 0.364. The molecular formula is C11H10N4O3S. The highest BCUT2D eigenvalue weighted by Gasteiger charge is 2.36. The Morgan fingerprint density at radius 3 is 3.00 bits per heavy atom. The second-order valence-electron chi connectivity index (χ2n) is 3.92. The van der Waals surface area contributed by atoms with Crippen molar-refractivity contribution in [2.45, 2.75) is 23.9 Å². The third-order valence-electron chi connectivity index (χ3n) is 2.84. The van der Waals surface area contributed by atoms with Crippen LogP contribution in [-0.4, -0.2) is 36.5 Å². The number of aliphatic imine (C=N–C) groups is 1. The Labute approximate surface area is 110 Å². The van der Waals surface area contributed by atoms with Gasteiger partial charge < -0.3 is 0 Å². The molecule has 0 aliphatic carbocycles. The molecule has 8 heteroatoms. The zero-order valence-electron chi connectivity index (χ0n) is 9.85. The Morgan fingerprint density at radius 2 is 2.32 bits per heavy atom. The lowest BCUT2D eigenvalue weighted by molar-refractivity contribution is 0.395. The minimum absolute atomic E-state index is 0.162. The van der Waals surface area contributed by atoms with Gasteiger partial charge in [-0.05, 0) is 25.0 Å². The molecule has 1 aromatic rings. The van der Waals surface area contributed by atoms with Crippen LogP contribution < -0.4 is 0 Å². The molecule has 1 atom stereocenters. The predicted molar refractivity (Wildman–Crippen MR) is 64.0 cm³/mol. The Bertz CT molecular complexity index is 673. The Kier molecular flexibility index (Phi) is 3.71. The van der Waals surface area contributed by atoms with Crippen LogP contribution in [0, 0.1) is 11.3 Å². The lowest BCUT2D eigenvalue weighted by Crippen LogP contribution is -2.34. The van der Waals surface area contributed by atoms with E-state index in [0.717, 1.165) is 4.31 Å². The van der Waals surface area contributed by atoms with Crippen molar-refractivity contribution in [2.24, 2.45) is 4.99 Å². The molecule has 1 unspecified atom stereocenters. The molecule has 2 heterocycles. The summed E-state index contributed by atoms with van der Waals surface area (Å²) in [6.45, 7) is 0.262. The standard InChI is InChI=1S/C11H10N4O3S/c12-7-9-10(3-1-5-13-9)19(17,18)15-6-2-4-11(15)14-8-16/h1,3,5,11H,2,4,6H2. The van der Waals surface area contributed by atoms with Gasteiger partial charge in [0.15, 0.2) is 5.69 Å². The SMILES string of the molecule is N#Cc1ncccc1S(=O)(=O)N1CCCC1N=C=O. The highest BCUT2D eigenvalue weighted by Crippen LogP contribution is 2.27. The minimum atomic E-state index is -3.88. The van der Waals surface area contributed by atoms with Crippen LogP contribution in [-0.2, 0) is 14.8 Å². The first-order valence-electron chi connectivity index (χ1n) is 5.55. The molecule has 19 heavy (non-hydrogen) atoms. The summed E-state index contributed by atoms with van der Waals surface area (Å²) < 4.78 is 26.0. The van der Waals surface area contributed by atoms with E-state index >= 15 is 0 Å². The van der Waals surface area contributed by atoms with Crippen molar-refractivity contribution in [3.63, 3.8) is 0 Å². The van der Waals surface area contributed by atoms with Crippen LogP contribution in [0.5, 0.6) is 0 Å². The van der Waals surface area contributed by atoms with Gasteiger partial charge in [0, 0.05) is 12.7 Å². The van der Waals surface area contributed by atoms with E-state index in [1.165, 1.54) is 24.4 Å². The van der Waals surface area contributed by atoms with Gasteiger partial charge in [0.2, 0.25) is 16.1 Å². The summed E-state index contributed by atoms with van der Waals surface area (Å²) in [7, 11) is -3.88. The Morgan fingerprint density at radius 1 is 1.53 bits per heavy atom. The fourth-order valence-corrected chi connectivity index (χ4v) is 3.69. The lowest BCUT2D eigenvalue weighted by atomic mass is 10.3. The average molecular weight is 278 g/mol. The first-order valence-corrected chi connectivity index (χ1v) is 6.99. The maximum Gasteiger partial charge on any atom is 0.247 e. The highest BCUT2D eigenvalue weighted by molar-refractivity contribution is 7.89. The minimum Gasteiger partial charge on any atom is -0.244 e. The van der Waals surface area contributed by atoms with Gasteiger partial charge in [-0.15, -0.1) is 0 Å². The summed E-state index contributed by atoms with van der Waals surface area (Å²) in [5.41, 5.74) is -0.164. The third-order valence-corrected chi connectivity index (χ3v) is 4.77. The van der Waals surface area contributed by atoms with Crippen LogP contribution in [0.1, 0.15) is 18.5 Å². The molecule has 0 saturated carbocycles. The molecule has 0 spiro atoms. The summed E-state index contributed by atoms with van der Waals surface area (Å²) >= 11 is 0. The molecule has 1 saturated heterocycles. The maximum absolute atomic E-state index is 12.4. The van der Waals surface area contributed by atoms with Crippen molar-refractivity contribution in [3.8, 4) is 6.07 Å². The summed E-state index contributed by atoms with van der Waals surface area (Å²) in [5, 5.41) is 8.91. The van der Waals surface area contributed by atoms with Gasteiger partial charge in [-0.25, -0.2) is 18.2 Å². The monoisotopic (exact) mass is 278 g/mol. The molecule has 2 rings (SSSR count). The molecule has 0 radical (unpaired) electrons. The van der Waals surface area contributed by atoms with E-state index < -0.39 is 16.2 Å². The van der Waals surface area contributed by atoms with Gasteiger partial charge in [0.05, 0.1) is 0 Å². The number of nitriles is 1. The summed E-state index contributed by atoms with van der Waals surface area (Å²) in [5.74, 6) is 0. The molecule has 7 nitrogen and oxygen atoms in total. The number of rotatable bonds is 3. The molecule has 1 aliphatic rings. The van der Waals surface area contributed by atoms with Gasteiger partial charge in [-0.3, -0.25) is 0 Å². The molecule has 1 aromatic heterocycles. The Hall–Kier alpha value is -2.07. The lowest BCUT2D eigenvalue weighted by Gasteiger charge is -2.20. The number of pyridine rings is 1. The number of hydrogen-bond acceptors (Lipinski definition) is 6. The van der Waals surface area contributed by atoms with Crippen molar-refractivity contribution < 1.29 is 13.2 Å². The van der Waals surface area contributed by atoms with Gasteiger partial charge >= 0.3 is 0 Å². The molecule has 1 aliphatic heterocycles. The van der Waals surface area contributed by atoms with Crippen LogP contribution in [0.3, 0.4) is 0 Å². The zero-order chi connectivity index (χ0) is 13.9. The smallest absolute Gasteiger partial charge is 0.244 e. The fourth-order valence-electron chi connectivity index (χ4n) is 2.00. The summed E-state index contributed by atoms with van der Waals surface area (Å²) in [6, 6.07) is 4.51. The zero-order valence-corrected chi connectivity index (χ0v) is 10.7. The van der Waals surface area contributed by atoms with Crippen molar-refractivity contribution in [1.82, 2.24) is 9.29 Å². The molecule has 0 bridgehead atoms. The van der Waals surface area contributed by atoms with E-state index in [0.29, 0.717) is 12.8 Å². The Balaban J connectivity index is 2.48. The van der Waals surface area contributed by atoms with Gasteiger partial charge in [-0.2, -0.15) is 14.6 Å². The summed E-state index contributed by atoms with van der Waals surface area (Å²) in [4.78, 5) is 17.4. The number of aromatic nitrogens is 1. The van der Waals surface area contributed by atoms with Crippen molar-refractivity contribution in [1.29, 1.82) is 5.26 Å². The van der Waals surface area contributed by atoms with Gasteiger partial charge in [0.25, 0.3) is 0 Å². The van der Waals surface area contributed by atoms with E-state index in [9.17, 15) is 13.2 Å². The van der Waals surface area contributed by atoms with Crippen LogP contribution in [0.2, 0.25) is 0 Å². The van der Waals surface area contributed by atoms with E-state index in [-0.39, 0.29) is 17.1 Å².